The van der Waals surface area contributed by atoms with Gasteiger partial charge in [-0.3, -0.25) is 0 Å². The van der Waals surface area contributed by atoms with E-state index >= 15 is 0 Å². The summed E-state index contributed by atoms with van der Waals surface area (Å²) in [5.74, 6) is -0.975. The summed E-state index contributed by atoms with van der Waals surface area (Å²) in [7, 11) is -3.47. The Bertz CT molecular complexity index is 722. The number of carbonyl (C=O) groups excluding carboxylic acids is 2. The third-order valence-electron chi connectivity index (χ3n) is 3.12. The van der Waals surface area contributed by atoms with Gasteiger partial charge in [0.05, 0.1) is 5.75 Å². The van der Waals surface area contributed by atoms with Crippen LogP contribution in [0, 0.1) is 0 Å². The molecule has 0 spiro atoms. The van der Waals surface area contributed by atoms with Gasteiger partial charge in [0.25, 0.3) is 0 Å². The van der Waals surface area contributed by atoms with Crippen LogP contribution in [0.1, 0.15) is 26.3 Å². The predicted octanol–water partition coefficient (Wildman–Crippen LogP) is 2.22. The van der Waals surface area contributed by atoms with Crippen molar-refractivity contribution in [3.63, 3.8) is 0 Å². The van der Waals surface area contributed by atoms with Crippen molar-refractivity contribution >= 4 is 21.9 Å². The molecule has 0 aromatic heterocycles. The SMILES string of the molecule is C=CS(=O)(=O)CCOC(=O)N[C@@H](Cc1ccccc1)C(=O)OC(C)(C)C. The van der Waals surface area contributed by atoms with Gasteiger partial charge in [0.1, 0.15) is 18.2 Å². The number of amides is 1. The number of carbonyl (C=O) groups is 2. The number of sulfone groups is 1. The zero-order valence-electron chi connectivity index (χ0n) is 15.2. The van der Waals surface area contributed by atoms with Crippen molar-refractivity contribution < 1.29 is 27.5 Å². The minimum Gasteiger partial charge on any atom is -0.458 e. The second kappa shape index (κ2) is 9.38. The van der Waals surface area contributed by atoms with Crippen molar-refractivity contribution in [1.82, 2.24) is 5.32 Å². The van der Waals surface area contributed by atoms with Gasteiger partial charge >= 0.3 is 12.1 Å². The third-order valence-corrected chi connectivity index (χ3v) is 4.36. The Morgan fingerprint density at radius 3 is 2.38 bits per heavy atom. The van der Waals surface area contributed by atoms with Gasteiger partial charge in [-0.25, -0.2) is 18.0 Å². The van der Waals surface area contributed by atoms with Gasteiger partial charge in [0.2, 0.25) is 0 Å². The monoisotopic (exact) mass is 383 g/mol. The Kier molecular flexibility index (Phi) is 7.82. The van der Waals surface area contributed by atoms with E-state index < -0.39 is 33.5 Å². The first kappa shape index (κ1) is 21.7. The Morgan fingerprint density at radius 1 is 1.23 bits per heavy atom. The highest BCUT2D eigenvalue weighted by atomic mass is 32.2. The van der Waals surface area contributed by atoms with E-state index in [1.807, 2.05) is 30.3 Å². The topological polar surface area (TPSA) is 98.8 Å². The Morgan fingerprint density at radius 2 is 1.85 bits per heavy atom. The number of benzene rings is 1. The molecule has 26 heavy (non-hydrogen) atoms. The van der Waals surface area contributed by atoms with Crippen LogP contribution in [0.5, 0.6) is 0 Å². The zero-order chi connectivity index (χ0) is 19.8. The van der Waals surface area contributed by atoms with Crippen LogP contribution in [0.2, 0.25) is 0 Å². The van der Waals surface area contributed by atoms with Crippen molar-refractivity contribution in [2.45, 2.75) is 38.8 Å². The Balaban J connectivity index is 2.73. The molecule has 0 fully saturated rings. The normalized spacial score (nSPS) is 12.7. The van der Waals surface area contributed by atoms with Crippen LogP contribution >= 0.6 is 0 Å². The van der Waals surface area contributed by atoms with Gasteiger partial charge in [-0.2, -0.15) is 0 Å². The number of hydrogen-bond donors (Lipinski definition) is 1. The fourth-order valence-corrected chi connectivity index (χ4v) is 2.42. The molecule has 0 radical (unpaired) electrons. The number of esters is 1. The summed E-state index contributed by atoms with van der Waals surface area (Å²) in [6, 6.07) is 8.16. The van der Waals surface area contributed by atoms with Gasteiger partial charge in [-0.15, -0.1) is 0 Å². The van der Waals surface area contributed by atoms with Crippen LogP contribution in [0.25, 0.3) is 0 Å². The first-order valence-corrected chi connectivity index (χ1v) is 9.79. The summed E-state index contributed by atoms with van der Waals surface area (Å²) in [5.41, 5.74) is 0.119. The van der Waals surface area contributed by atoms with Crippen molar-refractivity contribution in [2.75, 3.05) is 12.4 Å². The molecule has 1 N–H and O–H groups in total. The lowest BCUT2D eigenvalue weighted by Gasteiger charge is -2.24. The highest BCUT2D eigenvalue weighted by Crippen LogP contribution is 2.11. The molecule has 0 aliphatic rings. The molecule has 0 aliphatic carbocycles. The molecular weight excluding hydrogens is 358 g/mol. The molecule has 1 aromatic carbocycles. The van der Waals surface area contributed by atoms with Crippen molar-refractivity contribution in [2.24, 2.45) is 0 Å². The smallest absolute Gasteiger partial charge is 0.407 e. The maximum absolute atomic E-state index is 12.4. The molecular formula is C18H25NO6S. The molecule has 0 saturated heterocycles. The minimum atomic E-state index is -3.47. The largest absolute Gasteiger partial charge is 0.458 e. The standard InChI is InChI=1S/C18H25NO6S/c1-5-26(22,23)12-11-24-17(21)19-15(16(20)25-18(2,3)4)13-14-9-7-6-8-10-14/h5-10,15H,1,11-13H2,2-4H3,(H,19,21)/t15-/m0/s1. The van der Waals surface area contributed by atoms with Crippen LogP contribution in [0.15, 0.2) is 42.3 Å². The van der Waals surface area contributed by atoms with E-state index in [2.05, 4.69) is 11.9 Å². The first-order chi connectivity index (χ1) is 12.0. The summed E-state index contributed by atoms with van der Waals surface area (Å²) in [5, 5.41) is 3.23. The summed E-state index contributed by atoms with van der Waals surface area (Å²) < 4.78 is 32.8. The zero-order valence-corrected chi connectivity index (χ0v) is 16.0. The average Bonchev–Trinajstić information content (AvgIpc) is 2.53. The van der Waals surface area contributed by atoms with Gasteiger partial charge < -0.3 is 14.8 Å². The van der Waals surface area contributed by atoms with E-state index in [4.69, 9.17) is 9.47 Å². The molecule has 0 aliphatic heterocycles. The van der Waals surface area contributed by atoms with Crippen LogP contribution in [-0.2, 0) is 30.5 Å². The fourth-order valence-electron chi connectivity index (χ4n) is 1.93. The molecule has 1 amide bonds. The van der Waals surface area contributed by atoms with E-state index in [1.54, 1.807) is 20.8 Å². The second-order valence-corrected chi connectivity index (χ2v) is 8.66. The van der Waals surface area contributed by atoms with Crippen LogP contribution < -0.4 is 5.32 Å². The Hall–Kier alpha value is -2.35. The highest BCUT2D eigenvalue weighted by Gasteiger charge is 2.27. The van der Waals surface area contributed by atoms with Crippen LogP contribution in [-0.4, -0.2) is 44.5 Å². The number of alkyl carbamates (subject to hydrolysis) is 1. The molecule has 1 rings (SSSR count). The van der Waals surface area contributed by atoms with Gasteiger partial charge in [0, 0.05) is 11.8 Å². The molecule has 7 nitrogen and oxygen atoms in total. The molecule has 144 valence electrons. The molecule has 0 unspecified atom stereocenters. The summed E-state index contributed by atoms with van der Waals surface area (Å²) >= 11 is 0. The number of hydrogen-bond acceptors (Lipinski definition) is 6. The number of nitrogens with one attached hydrogen (secondary N) is 1. The van der Waals surface area contributed by atoms with E-state index in [9.17, 15) is 18.0 Å². The highest BCUT2D eigenvalue weighted by molar-refractivity contribution is 7.94. The van der Waals surface area contributed by atoms with Gasteiger partial charge in [0.15, 0.2) is 9.84 Å². The number of ether oxygens (including phenoxy) is 2. The lowest BCUT2D eigenvalue weighted by molar-refractivity contribution is -0.157. The lowest BCUT2D eigenvalue weighted by atomic mass is 10.1. The fraction of sp³-hybridized carbons (Fsp3) is 0.444. The van der Waals surface area contributed by atoms with Gasteiger partial charge in [-0.1, -0.05) is 36.9 Å². The van der Waals surface area contributed by atoms with Gasteiger partial charge in [-0.05, 0) is 26.3 Å². The quantitative estimate of drug-likeness (QED) is 0.691. The maximum atomic E-state index is 12.4. The second-order valence-electron chi connectivity index (χ2n) is 6.59. The van der Waals surface area contributed by atoms with Crippen molar-refractivity contribution in [1.29, 1.82) is 0 Å². The summed E-state index contributed by atoms with van der Waals surface area (Å²) in [6.07, 6.45) is -0.674. The predicted molar refractivity (Wildman–Crippen MR) is 98.2 cm³/mol. The van der Waals surface area contributed by atoms with Crippen molar-refractivity contribution in [3.05, 3.63) is 47.9 Å². The molecule has 1 aromatic rings. The summed E-state index contributed by atoms with van der Waals surface area (Å²) in [4.78, 5) is 24.3. The van der Waals surface area contributed by atoms with E-state index in [-0.39, 0.29) is 18.8 Å². The minimum absolute atomic E-state index is 0.218. The molecule has 0 saturated carbocycles. The van der Waals surface area contributed by atoms with E-state index in [1.165, 1.54) is 0 Å². The van der Waals surface area contributed by atoms with E-state index in [0.717, 1.165) is 11.0 Å². The lowest BCUT2D eigenvalue weighted by Crippen LogP contribution is -2.46. The third kappa shape index (κ3) is 8.66. The maximum Gasteiger partial charge on any atom is 0.407 e. The van der Waals surface area contributed by atoms with Crippen molar-refractivity contribution in [3.8, 4) is 0 Å². The molecule has 0 bridgehead atoms. The average molecular weight is 383 g/mol. The molecule has 0 heterocycles. The van der Waals surface area contributed by atoms with Crippen LogP contribution in [0.3, 0.4) is 0 Å². The molecule has 1 atom stereocenters. The molecule has 8 heteroatoms. The number of rotatable bonds is 8. The van der Waals surface area contributed by atoms with E-state index in [0.29, 0.717) is 0 Å². The summed E-state index contributed by atoms with van der Waals surface area (Å²) in [6.45, 7) is 8.01. The van der Waals surface area contributed by atoms with Crippen LogP contribution in [0.4, 0.5) is 4.79 Å². The Labute approximate surface area is 154 Å². The first-order valence-electron chi connectivity index (χ1n) is 8.08.